The van der Waals surface area contributed by atoms with E-state index in [-0.39, 0.29) is 46.0 Å². The zero-order chi connectivity index (χ0) is 26.9. The molecule has 3 N–H and O–H groups in total. The average Bonchev–Trinajstić information content (AvgIpc) is 3.63. The van der Waals surface area contributed by atoms with Crippen molar-refractivity contribution in [2.24, 2.45) is 58.2 Å². The molecule has 5 aliphatic carbocycles. The maximum atomic E-state index is 12.8. The molecule has 212 valence electrons. The highest BCUT2D eigenvalue weighted by molar-refractivity contribution is 7.90. The molecular formula is C30H51NO5S. The first-order valence-electron chi connectivity index (χ1n) is 15.2. The number of aliphatic hydroxyl groups is 2. The van der Waals surface area contributed by atoms with E-state index in [1.807, 2.05) is 6.92 Å². The number of nitrogens with one attached hydrogen (secondary N) is 1. The van der Waals surface area contributed by atoms with Gasteiger partial charge < -0.3 is 10.2 Å². The zero-order valence-corrected chi connectivity index (χ0v) is 24.5. The van der Waals surface area contributed by atoms with Crippen molar-refractivity contribution in [1.82, 2.24) is 4.72 Å². The van der Waals surface area contributed by atoms with Gasteiger partial charge in [0.2, 0.25) is 15.9 Å². The molecule has 5 fully saturated rings. The quantitative estimate of drug-likeness (QED) is 0.429. The van der Waals surface area contributed by atoms with E-state index >= 15 is 0 Å². The number of hydrogen-bond acceptors (Lipinski definition) is 5. The highest BCUT2D eigenvalue weighted by Crippen LogP contribution is 2.69. The summed E-state index contributed by atoms with van der Waals surface area (Å²) in [5.41, 5.74) is 0.349. The molecule has 5 rings (SSSR count). The van der Waals surface area contributed by atoms with Crippen LogP contribution in [0.4, 0.5) is 0 Å². The van der Waals surface area contributed by atoms with E-state index in [1.54, 1.807) is 0 Å². The summed E-state index contributed by atoms with van der Waals surface area (Å²) in [6.07, 6.45) is 9.84. The van der Waals surface area contributed by atoms with Gasteiger partial charge in [0.05, 0.1) is 17.5 Å². The summed E-state index contributed by atoms with van der Waals surface area (Å²) in [6.45, 7) is 11.3. The fourth-order valence-corrected chi connectivity index (χ4v) is 11.9. The number of carbonyl (C=O) groups excluding carboxylic acids is 1. The van der Waals surface area contributed by atoms with E-state index in [9.17, 15) is 23.4 Å². The van der Waals surface area contributed by atoms with E-state index in [0.717, 1.165) is 44.9 Å². The highest BCUT2D eigenvalue weighted by Gasteiger charge is 2.64. The van der Waals surface area contributed by atoms with E-state index in [4.69, 9.17) is 0 Å². The molecule has 5 aliphatic rings. The fourth-order valence-electron chi connectivity index (χ4n) is 10.5. The Morgan fingerprint density at radius 2 is 1.59 bits per heavy atom. The minimum atomic E-state index is -3.51. The molecule has 0 bridgehead atoms. The molecule has 0 unspecified atom stereocenters. The van der Waals surface area contributed by atoms with Crippen LogP contribution in [-0.4, -0.2) is 42.0 Å². The molecule has 0 aromatic heterocycles. The van der Waals surface area contributed by atoms with Crippen LogP contribution in [0.1, 0.15) is 105 Å². The molecule has 6 nitrogen and oxygen atoms in total. The molecule has 0 aromatic rings. The van der Waals surface area contributed by atoms with Crippen LogP contribution in [0.2, 0.25) is 0 Å². The Labute approximate surface area is 224 Å². The van der Waals surface area contributed by atoms with E-state index in [2.05, 4.69) is 32.4 Å². The van der Waals surface area contributed by atoms with Crippen molar-refractivity contribution in [3.05, 3.63) is 0 Å². The summed E-state index contributed by atoms with van der Waals surface area (Å²) in [5, 5.41) is 22.0. The van der Waals surface area contributed by atoms with Gasteiger partial charge >= 0.3 is 0 Å². The van der Waals surface area contributed by atoms with E-state index in [0.29, 0.717) is 54.8 Å². The Morgan fingerprint density at radius 3 is 2.24 bits per heavy atom. The second-order valence-electron chi connectivity index (χ2n) is 14.4. The molecule has 5 saturated carbocycles. The molecule has 7 heteroatoms. The number of hydrogen-bond donors (Lipinski definition) is 3. The van der Waals surface area contributed by atoms with Gasteiger partial charge in [-0.1, -0.05) is 41.0 Å². The van der Waals surface area contributed by atoms with E-state index < -0.39 is 10.0 Å². The molecule has 37 heavy (non-hydrogen) atoms. The van der Waals surface area contributed by atoms with Crippen molar-refractivity contribution in [2.75, 3.05) is 0 Å². The Morgan fingerprint density at radius 1 is 0.946 bits per heavy atom. The van der Waals surface area contributed by atoms with Crippen LogP contribution in [0.3, 0.4) is 0 Å². The van der Waals surface area contributed by atoms with Crippen LogP contribution >= 0.6 is 0 Å². The number of amides is 1. The SMILES string of the molecule is CC[C@H]1[C@@H](O)[C@@H]2[C@H](CC[C@]3(C)[C@@H]([C@H](C)C[C@@H](C)C(=O)NS(=O)(=O)C4CC4)CC[C@@H]23)[C@@]2(C)CC[C@@H](O)C[C@@H]12. The molecule has 0 saturated heterocycles. The lowest BCUT2D eigenvalue weighted by atomic mass is 9.41. The van der Waals surface area contributed by atoms with Gasteiger partial charge in [-0.15, -0.1) is 0 Å². The van der Waals surface area contributed by atoms with Gasteiger partial charge in [0.1, 0.15) is 0 Å². The first-order valence-corrected chi connectivity index (χ1v) is 16.8. The largest absolute Gasteiger partial charge is 0.393 e. The van der Waals surface area contributed by atoms with Crippen LogP contribution in [0.5, 0.6) is 0 Å². The molecule has 0 aliphatic heterocycles. The van der Waals surface area contributed by atoms with Gasteiger partial charge in [0.15, 0.2) is 0 Å². The lowest BCUT2D eigenvalue weighted by molar-refractivity contribution is -0.203. The minimum Gasteiger partial charge on any atom is -0.393 e. The third kappa shape index (κ3) is 4.61. The number of carbonyl (C=O) groups is 1. The second-order valence-corrected chi connectivity index (χ2v) is 16.4. The van der Waals surface area contributed by atoms with Crippen LogP contribution in [-0.2, 0) is 14.8 Å². The Balaban J connectivity index is 1.31. The van der Waals surface area contributed by atoms with Crippen LogP contribution < -0.4 is 4.72 Å². The van der Waals surface area contributed by atoms with Crippen LogP contribution in [0.25, 0.3) is 0 Å². The van der Waals surface area contributed by atoms with Crippen molar-refractivity contribution in [3.63, 3.8) is 0 Å². The van der Waals surface area contributed by atoms with Crippen molar-refractivity contribution in [3.8, 4) is 0 Å². The summed E-state index contributed by atoms with van der Waals surface area (Å²) in [5.74, 6) is 2.13. The Hall–Kier alpha value is -0.660. The van der Waals surface area contributed by atoms with Gasteiger partial charge in [-0.2, -0.15) is 0 Å². The fraction of sp³-hybridized carbons (Fsp3) is 0.967. The van der Waals surface area contributed by atoms with Gasteiger partial charge in [-0.3, -0.25) is 9.52 Å². The lowest BCUT2D eigenvalue weighted by Crippen LogP contribution is -2.62. The van der Waals surface area contributed by atoms with Crippen molar-refractivity contribution >= 4 is 15.9 Å². The normalized spacial score (nSPS) is 47.3. The first kappa shape index (κ1) is 27.9. The minimum absolute atomic E-state index is 0.146. The summed E-state index contributed by atoms with van der Waals surface area (Å²) in [4.78, 5) is 12.8. The van der Waals surface area contributed by atoms with Gasteiger partial charge in [0.25, 0.3) is 0 Å². The van der Waals surface area contributed by atoms with Gasteiger partial charge in [-0.25, -0.2) is 8.42 Å². The molecular weight excluding hydrogens is 486 g/mol. The van der Waals surface area contributed by atoms with E-state index in [1.165, 1.54) is 6.42 Å². The molecule has 0 spiro atoms. The summed E-state index contributed by atoms with van der Waals surface area (Å²) in [6, 6.07) is 0. The number of sulfonamides is 1. The predicted octanol–water partition coefficient (Wildman–Crippen LogP) is 4.88. The van der Waals surface area contributed by atoms with Crippen LogP contribution in [0.15, 0.2) is 0 Å². The van der Waals surface area contributed by atoms with Crippen molar-refractivity contribution in [2.45, 2.75) is 123 Å². The molecule has 0 heterocycles. The number of fused-ring (bicyclic) bond motifs is 5. The number of aliphatic hydroxyl groups excluding tert-OH is 2. The molecule has 1 amide bonds. The van der Waals surface area contributed by atoms with Crippen molar-refractivity contribution < 1.29 is 23.4 Å². The summed E-state index contributed by atoms with van der Waals surface area (Å²) in [7, 11) is -3.51. The maximum absolute atomic E-state index is 12.8. The molecule has 0 radical (unpaired) electrons. The van der Waals surface area contributed by atoms with Gasteiger partial charge in [0, 0.05) is 5.92 Å². The Kier molecular flexibility index (Phi) is 7.36. The molecule has 0 aromatic carbocycles. The Bertz CT molecular complexity index is 980. The summed E-state index contributed by atoms with van der Waals surface area (Å²) < 4.78 is 26.9. The van der Waals surface area contributed by atoms with Crippen molar-refractivity contribution in [1.29, 1.82) is 0 Å². The zero-order valence-electron chi connectivity index (χ0n) is 23.7. The average molecular weight is 538 g/mol. The highest BCUT2D eigenvalue weighted by atomic mass is 32.2. The smallest absolute Gasteiger partial charge is 0.237 e. The maximum Gasteiger partial charge on any atom is 0.237 e. The van der Waals surface area contributed by atoms with Gasteiger partial charge in [-0.05, 0) is 116 Å². The second kappa shape index (κ2) is 9.76. The third-order valence-corrected chi connectivity index (χ3v) is 14.4. The number of rotatable bonds is 7. The predicted molar refractivity (Wildman–Crippen MR) is 145 cm³/mol. The molecule has 12 atom stereocenters. The third-order valence-electron chi connectivity index (χ3n) is 12.5. The standard InChI is InChI=1S/C30H51NO5S/c1-6-21-25-16-19(32)11-13-30(25,5)24-12-14-29(4)22(9-10-23(29)26(24)27(21)33)17(2)15-18(3)28(34)31-37(35,36)20-7-8-20/h17-27,32-33H,6-16H2,1-5H3,(H,31,34)/t17-,18-,19-,21-,22-,23+,24+,25+,26+,27-,29-,30-/m1/s1. The first-order chi connectivity index (χ1) is 17.3. The van der Waals surface area contributed by atoms with Crippen LogP contribution in [0, 0.1) is 58.2 Å². The topological polar surface area (TPSA) is 104 Å². The lowest BCUT2D eigenvalue weighted by Gasteiger charge is -2.64. The summed E-state index contributed by atoms with van der Waals surface area (Å²) >= 11 is 0. The monoisotopic (exact) mass is 537 g/mol.